The van der Waals surface area contributed by atoms with Crippen molar-refractivity contribution >= 4 is 11.8 Å². The Morgan fingerprint density at radius 1 is 1.04 bits per heavy atom. The van der Waals surface area contributed by atoms with Crippen LogP contribution in [0.5, 0.6) is 0 Å². The van der Waals surface area contributed by atoms with Crippen molar-refractivity contribution in [1.82, 2.24) is 15.0 Å². The first-order chi connectivity index (χ1) is 11.7. The maximum absolute atomic E-state index is 4.96. The molecule has 5 nitrogen and oxygen atoms in total. The van der Waals surface area contributed by atoms with Gasteiger partial charge in [-0.25, -0.2) is 4.98 Å². The molecule has 0 amide bonds. The summed E-state index contributed by atoms with van der Waals surface area (Å²) in [6.07, 6.45) is 8.35. The van der Waals surface area contributed by atoms with Crippen LogP contribution in [0.25, 0.3) is 11.3 Å². The molecular formula is C19H23N5. The fourth-order valence-corrected chi connectivity index (χ4v) is 3.60. The first-order valence-corrected chi connectivity index (χ1v) is 8.73. The molecular weight excluding hydrogens is 298 g/mol. The first-order valence-electron chi connectivity index (χ1n) is 8.73. The molecule has 4 rings (SSSR count). The van der Waals surface area contributed by atoms with Gasteiger partial charge in [-0.05, 0) is 44.7 Å². The Hall–Kier alpha value is -2.43. The SMILES string of the molecule is C=C(C)N1CCc2c(-c3ccncc3)nc(N3CCCCC3)nc21. The Morgan fingerprint density at radius 2 is 1.79 bits per heavy atom. The molecule has 0 spiro atoms. The number of fused-ring (bicyclic) bond motifs is 1. The van der Waals surface area contributed by atoms with Crippen LogP contribution in [-0.4, -0.2) is 34.6 Å². The Morgan fingerprint density at radius 3 is 2.50 bits per heavy atom. The summed E-state index contributed by atoms with van der Waals surface area (Å²) in [5, 5.41) is 0. The minimum atomic E-state index is 0.855. The van der Waals surface area contributed by atoms with E-state index in [4.69, 9.17) is 9.97 Å². The van der Waals surface area contributed by atoms with E-state index in [0.717, 1.165) is 54.8 Å². The summed E-state index contributed by atoms with van der Waals surface area (Å²) in [5.41, 5.74) is 4.43. The third-order valence-corrected chi connectivity index (χ3v) is 4.87. The summed E-state index contributed by atoms with van der Waals surface area (Å²) in [6, 6.07) is 4.07. The molecule has 0 aromatic carbocycles. The summed E-state index contributed by atoms with van der Waals surface area (Å²) in [7, 11) is 0. The summed E-state index contributed by atoms with van der Waals surface area (Å²) < 4.78 is 0. The largest absolute Gasteiger partial charge is 0.341 e. The smallest absolute Gasteiger partial charge is 0.227 e. The number of hydrogen-bond acceptors (Lipinski definition) is 5. The lowest BCUT2D eigenvalue weighted by molar-refractivity contribution is 0.568. The monoisotopic (exact) mass is 321 g/mol. The molecule has 4 heterocycles. The molecule has 0 atom stereocenters. The van der Waals surface area contributed by atoms with E-state index < -0.39 is 0 Å². The molecule has 0 radical (unpaired) electrons. The van der Waals surface area contributed by atoms with Crippen LogP contribution in [0.1, 0.15) is 31.7 Å². The highest BCUT2D eigenvalue weighted by Gasteiger charge is 2.28. The number of piperidine rings is 1. The van der Waals surface area contributed by atoms with Crippen LogP contribution in [0.3, 0.4) is 0 Å². The Bertz CT molecular complexity index is 750. The Balaban J connectivity index is 1.85. The molecule has 2 aromatic rings. The number of nitrogens with zero attached hydrogens (tertiary/aromatic N) is 5. The molecule has 0 bridgehead atoms. The lowest BCUT2D eigenvalue weighted by Gasteiger charge is -2.28. The van der Waals surface area contributed by atoms with E-state index in [1.54, 1.807) is 0 Å². The molecule has 2 aliphatic heterocycles. The van der Waals surface area contributed by atoms with Crippen molar-refractivity contribution in [3.05, 3.63) is 42.4 Å². The highest BCUT2D eigenvalue weighted by Crippen LogP contribution is 2.37. The van der Waals surface area contributed by atoms with Gasteiger partial charge >= 0.3 is 0 Å². The molecule has 0 saturated carbocycles. The summed E-state index contributed by atoms with van der Waals surface area (Å²) in [5.74, 6) is 1.89. The van der Waals surface area contributed by atoms with Gasteiger partial charge in [0.2, 0.25) is 5.95 Å². The van der Waals surface area contributed by atoms with E-state index in [9.17, 15) is 0 Å². The number of pyridine rings is 1. The van der Waals surface area contributed by atoms with Crippen LogP contribution in [0.15, 0.2) is 36.8 Å². The van der Waals surface area contributed by atoms with E-state index in [2.05, 4.69) is 21.4 Å². The van der Waals surface area contributed by atoms with Gasteiger partial charge in [0.15, 0.2) is 0 Å². The van der Waals surface area contributed by atoms with Gasteiger partial charge in [0.05, 0.1) is 5.69 Å². The molecule has 0 aliphatic carbocycles. The zero-order valence-corrected chi connectivity index (χ0v) is 14.2. The normalized spacial score (nSPS) is 17.0. The van der Waals surface area contributed by atoms with E-state index in [1.807, 2.05) is 31.5 Å². The molecule has 5 heteroatoms. The number of anilines is 2. The predicted octanol–water partition coefficient (Wildman–Crippen LogP) is 3.43. The summed E-state index contributed by atoms with van der Waals surface area (Å²) in [4.78, 5) is 18.6. The van der Waals surface area contributed by atoms with Gasteiger partial charge in [-0.3, -0.25) is 4.98 Å². The lowest BCUT2D eigenvalue weighted by atomic mass is 10.1. The number of rotatable bonds is 3. The standard InChI is InChI=1S/C19H23N5/c1-14(2)24-13-8-16-17(15-6-9-20-10-7-15)21-19(22-18(16)24)23-11-4-3-5-12-23/h6-7,9-10H,1,3-5,8,11-13H2,2H3. The van der Waals surface area contributed by atoms with Crippen molar-refractivity contribution in [2.24, 2.45) is 0 Å². The van der Waals surface area contributed by atoms with Gasteiger partial charge in [-0.15, -0.1) is 0 Å². The van der Waals surface area contributed by atoms with Crippen LogP contribution >= 0.6 is 0 Å². The molecule has 124 valence electrons. The summed E-state index contributed by atoms with van der Waals surface area (Å²) in [6.45, 7) is 9.19. The number of allylic oxidation sites excluding steroid dienone is 1. The highest BCUT2D eigenvalue weighted by atomic mass is 15.3. The van der Waals surface area contributed by atoms with Crippen LogP contribution in [0.2, 0.25) is 0 Å². The first kappa shape index (κ1) is 15.1. The zero-order valence-electron chi connectivity index (χ0n) is 14.2. The van der Waals surface area contributed by atoms with Crippen molar-refractivity contribution in [3.8, 4) is 11.3 Å². The second kappa shape index (κ2) is 6.23. The molecule has 1 fully saturated rings. The highest BCUT2D eigenvalue weighted by molar-refractivity contribution is 5.73. The molecule has 0 N–H and O–H groups in total. The fourth-order valence-electron chi connectivity index (χ4n) is 3.60. The minimum Gasteiger partial charge on any atom is -0.341 e. The molecule has 0 unspecified atom stereocenters. The van der Waals surface area contributed by atoms with Crippen LogP contribution in [-0.2, 0) is 6.42 Å². The number of hydrogen-bond donors (Lipinski definition) is 0. The van der Waals surface area contributed by atoms with Crippen LogP contribution in [0, 0.1) is 0 Å². The average Bonchev–Trinajstić information content (AvgIpc) is 3.06. The van der Waals surface area contributed by atoms with Gasteiger partial charge < -0.3 is 9.80 Å². The lowest BCUT2D eigenvalue weighted by Crippen LogP contribution is -2.31. The van der Waals surface area contributed by atoms with Gasteiger partial charge in [-0.2, -0.15) is 4.98 Å². The van der Waals surface area contributed by atoms with Crippen molar-refractivity contribution in [2.45, 2.75) is 32.6 Å². The second-order valence-corrected chi connectivity index (χ2v) is 6.59. The van der Waals surface area contributed by atoms with E-state index in [-0.39, 0.29) is 0 Å². The van der Waals surface area contributed by atoms with Gasteiger partial charge in [-0.1, -0.05) is 6.58 Å². The quantitative estimate of drug-likeness (QED) is 0.867. The van der Waals surface area contributed by atoms with Crippen molar-refractivity contribution in [3.63, 3.8) is 0 Å². The van der Waals surface area contributed by atoms with Gasteiger partial charge in [0, 0.05) is 48.9 Å². The van der Waals surface area contributed by atoms with Crippen LogP contribution in [0.4, 0.5) is 11.8 Å². The minimum absolute atomic E-state index is 0.855. The zero-order chi connectivity index (χ0) is 16.5. The van der Waals surface area contributed by atoms with Gasteiger partial charge in [0.25, 0.3) is 0 Å². The Labute approximate surface area is 143 Å². The maximum atomic E-state index is 4.96. The molecule has 1 saturated heterocycles. The predicted molar refractivity (Wildman–Crippen MR) is 97.2 cm³/mol. The van der Waals surface area contributed by atoms with Crippen molar-refractivity contribution < 1.29 is 0 Å². The van der Waals surface area contributed by atoms with Gasteiger partial charge in [0.1, 0.15) is 5.82 Å². The van der Waals surface area contributed by atoms with Crippen molar-refractivity contribution in [1.29, 1.82) is 0 Å². The second-order valence-electron chi connectivity index (χ2n) is 6.59. The summed E-state index contributed by atoms with van der Waals surface area (Å²) >= 11 is 0. The fraction of sp³-hybridized carbons (Fsp3) is 0.421. The van der Waals surface area contributed by atoms with E-state index in [0.29, 0.717) is 0 Å². The average molecular weight is 321 g/mol. The van der Waals surface area contributed by atoms with Crippen LogP contribution < -0.4 is 9.80 Å². The topological polar surface area (TPSA) is 45.2 Å². The molecule has 2 aliphatic rings. The molecule has 24 heavy (non-hydrogen) atoms. The Kier molecular flexibility index (Phi) is 3.92. The molecule has 2 aromatic heterocycles. The van der Waals surface area contributed by atoms with E-state index >= 15 is 0 Å². The van der Waals surface area contributed by atoms with Crippen molar-refractivity contribution in [2.75, 3.05) is 29.4 Å². The maximum Gasteiger partial charge on any atom is 0.227 e. The number of aromatic nitrogens is 3. The third-order valence-electron chi connectivity index (χ3n) is 4.87. The third kappa shape index (κ3) is 2.64. The van der Waals surface area contributed by atoms with E-state index in [1.165, 1.54) is 24.8 Å².